The number of rotatable bonds is 5. The molecule has 19 heavy (non-hydrogen) atoms. The van der Waals surface area contributed by atoms with Crippen LogP contribution in [-0.2, 0) is 6.54 Å². The fourth-order valence-corrected chi connectivity index (χ4v) is 1.77. The van der Waals surface area contributed by atoms with Crippen LogP contribution < -0.4 is 20.5 Å². The van der Waals surface area contributed by atoms with E-state index in [4.69, 9.17) is 15.2 Å². The van der Waals surface area contributed by atoms with Gasteiger partial charge in [0.05, 0.1) is 14.2 Å². The molecule has 0 saturated carbocycles. The number of methoxy groups -OCH3 is 2. The second-order valence-corrected chi connectivity index (χ2v) is 4.15. The van der Waals surface area contributed by atoms with Gasteiger partial charge in [-0.15, -0.1) is 0 Å². The summed E-state index contributed by atoms with van der Waals surface area (Å²) in [5, 5.41) is 3.31. The van der Waals surface area contributed by atoms with Crippen molar-refractivity contribution < 1.29 is 9.47 Å². The summed E-state index contributed by atoms with van der Waals surface area (Å²) in [5.74, 6) is 1.65. The van der Waals surface area contributed by atoms with Crippen LogP contribution in [0.15, 0.2) is 42.5 Å². The fourth-order valence-electron chi connectivity index (χ4n) is 1.77. The predicted octanol–water partition coefficient (Wildman–Crippen LogP) is 2.90. The van der Waals surface area contributed by atoms with Crippen molar-refractivity contribution in [1.82, 2.24) is 0 Å². The predicted molar refractivity (Wildman–Crippen MR) is 77.7 cm³/mol. The Balaban J connectivity index is 2.05. The minimum absolute atomic E-state index is 0.648. The Kier molecular flexibility index (Phi) is 4.13. The van der Waals surface area contributed by atoms with E-state index in [1.165, 1.54) is 0 Å². The maximum absolute atomic E-state index is 5.94. The maximum Gasteiger partial charge on any atom is 0.119 e. The van der Waals surface area contributed by atoms with Crippen molar-refractivity contribution in [3.05, 3.63) is 48.0 Å². The van der Waals surface area contributed by atoms with E-state index in [-0.39, 0.29) is 0 Å². The molecular weight excluding hydrogens is 240 g/mol. The summed E-state index contributed by atoms with van der Waals surface area (Å²) in [6, 6.07) is 13.4. The molecule has 4 heteroatoms. The van der Waals surface area contributed by atoms with Crippen LogP contribution in [0.1, 0.15) is 5.56 Å². The van der Waals surface area contributed by atoms with Crippen molar-refractivity contribution in [1.29, 1.82) is 0 Å². The van der Waals surface area contributed by atoms with E-state index in [9.17, 15) is 0 Å². The van der Waals surface area contributed by atoms with Gasteiger partial charge in [0.25, 0.3) is 0 Å². The topological polar surface area (TPSA) is 56.5 Å². The van der Waals surface area contributed by atoms with Gasteiger partial charge in [0.2, 0.25) is 0 Å². The molecule has 3 N–H and O–H groups in total. The van der Waals surface area contributed by atoms with E-state index in [1.807, 2.05) is 42.5 Å². The van der Waals surface area contributed by atoms with E-state index in [0.717, 1.165) is 28.4 Å². The zero-order valence-electron chi connectivity index (χ0n) is 11.1. The van der Waals surface area contributed by atoms with E-state index in [1.54, 1.807) is 14.2 Å². The summed E-state index contributed by atoms with van der Waals surface area (Å²) in [4.78, 5) is 0. The van der Waals surface area contributed by atoms with Crippen molar-refractivity contribution in [3.8, 4) is 11.5 Å². The summed E-state index contributed by atoms with van der Waals surface area (Å²) in [6.45, 7) is 0.648. The summed E-state index contributed by atoms with van der Waals surface area (Å²) in [6.07, 6.45) is 0. The molecule has 0 saturated heterocycles. The smallest absolute Gasteiger partial charge is 0.119 e. The van der Waals surface area contributed by atoms with Crippen LogP contribution in [0.25, 0.3) is 0 Å². The van der Waals surface area contributed by atoms with Gasteiger partial charge in [-0.3, -0.25) is 0 Å². The van der Waals surface area contributed by atoms with Gasteiger partial charge in [0, 0.05) is 17.9 Å². The quantitative estimate of drug-likeness (QED) is 0.810. The molecule has 0 aliphatic rings. The number of hydrogen-bond acceptors (Lipinski definition) is 4. The Bertz CT molecular complexity index is 538. The number of nitrogen functional groups attached to an aromatic ring is 1. The molecule has 0 atom stereocenters. The van der Waals surface area contributed by atoms with Gasteiger partial charge in [-0.1, -0.05) is 0 Å². The third-order valence-electron chi connectivity index (χ3n) is 2.92. The van der Waals surface area contributed by atoms with Gasteiger partial charge in [0.1, 0.15) is 11.5 Å². The van der Waals surface area contributed by atoms with Gasteiger partial charge in [-0.25, -0.2) is 0 Å². The van der Waals surface area contributed by atoms with Gasteiger partial charge in [-0.2, -0.15) is 0 Å². The molecule has 0 aliphatic carbocycles. The number of nitrogens with two attached hydrogens (primary N) is 1. The number of benzene rings is 2. The van der Waals surface area contributed by atoms with Gasteiger partial charge < -0.3 is 20.5 Å². The first-order valence-electron chi connectivity index (χ1n) is 6.03. The zero-order chi connectivity index (χ0) is 13.7. The average Bonchev–Trinajstić information content (AvgIpc) is 2.47. The zero-order valence-corrected chi connectivity index (χ0v) is 11.1. The van der Waals surface area contributed by atoms with E-state index in [2.05, 4.69) is 5.32 Å². The molecule has 0 heterocycles. The highest BCUT2D eigenvalue weighted by Gasteiger charge is 2.02. The van der Waals surface area contributed by atoms with Crippen LogP contribution in [0, 0.1) is 0 Å². The molecule has 0 aliphatic heterocycles. The molecule has 2 aromatic carbocycles. The molecule has 0 amide bonds. The Hall–Kier alpha value is -2.36. The molecule has 0 fully saturated rings. The van der Waals surface area contributed by atoms with E-state index >= 15 is 0 Å². The highest BCUT2D eigenvalue weighted by molar-refractivity contribution is 5.53. The first kappa shape index (κ1) is 13.1. The molecule has 4 nitrogen and oxygen atoms in total. The Labute approximate surface area is 113 Å². The minimum Gasteiger partial charge on any atom is -0.497 e. The van der Waals surface area contributed by atoms with E-state index < -0.39 is 0 Å². The molecule has 0 radical (unpaired) electrons. The first-order valence-corrected chi connectivity index (χ1v) is 6.03. The lowest BCUT2D eigenvalue weighted by molar-refractivity contribution is 0.414. The third kappa shape index (κ3) is 3.31. The molecule has 0 bridgehead atoms. The van der Waals surface area contributed by atoms with E-state index in [0.29, 0.717) is 6.54 Å². The lowest BCUT2D eigenvalue weighted by Gasteiger charge is -2.11. The molecule has 2 rings (SSSR count). The lowest BCUT2D eigenvalue weighted by atomic mass is 10.1. The molecule has 0 spiro atoms. The van der Waals surface area contributed by atoms with Crippen LogP contribution in [0.3, 0.4) is 0 Å². The largest absolute Gasteiger partial charge is 0.497 e. The van der Waals surface area contributed by atoms with Gasteiger partial charge in [-0.05, 0) is 48.0 Å². The molecular formula is C15H18N2O2. The van der Waals surface area contributed by atoms with Crippen LogP contribution in [0.2, 0.25) is 0 Å². The van der Waals surface area contributed by atoms with Crippen molar-refractivity contribution >= 4 is 11.4 Å². The second kappa shape index (κ2) is 6.00. The summed E-state index contributed by atoms with van der Waals surface area (Å²) in [7, 11) is 3.30. The second-order valence-electron chi connectivity index (χ2n) is 4.15. The number of anilines is 2. The Morgan fingerprint density at radius 1 is 0.947 bits per heavy atom. The van der Waals surface area contributed by atoms with Crippen LogP contribution in [-0.4, -0.2) is 14.2 Å². The van der Waals surface area contributed by atoms with Crippen LogP contribution in [0.5, 0.6) is 11.5 Å². The van der Waals surface area contributed by atoms with Gasteiger partial charge >= 0.3 is 0 Å². The summed E-state index contributed by atoms with van der Waals surface area (Å²) >= 11 is 0. The molecule has 100 valence electrons. The van der Waals surface area contributed by atoms with Crippen molar-refractivity contribution in [2.75, 3.05) is 25.3 Å². The number of nitrogens with one attached hydrogen (secondary N) is 1. The molecule has 0 aromatic heterocycles. The normalized spacial score (nSPS) is 10.0. The fraction of sp³-hybridized carbons (Fsp3) is 0.200. The standard InChI is InChI=1S/C15H18N2O2/c1-18-13-5-3-12(4-6-13)17-10-11-9-14(19-2)7-8-15(11)16/h3-9,17H,10,16H2,1-2H3. The van der Waals surface area contributed by atoms with Crippen molar-refractivity contribution in [2.24, 2.45) is 0 Å². The van der Waals surface area contributed by atoms with Crippen molar-refractivity contribution in [2.45, 2.75) is 6.54 Å². The average molecular weight is 258 g/mol. The summed E-state index contributed by atoms with van der Waals surface area (Å²) < 4.78 is 10.3. The molecule has 2 aromatic rings. The summed E-state index contributed by atoms with van der Waals surface area (Å²) in [5.41, 5.74) is 8.72. The number of hydrogen-bond donors (Lipinski definition) is 2. The van der Waals surface area contributed by atoms with Gasteiger partial charge in [0.15, 0.2) is 0 Å². The monoisotopic (exact) mass is 258 g/mol. The molecule has 0 unspecified atom stereocenters. The third-order valence-corrected chi connectivity index (χ3v) is 2.92. The SMILES string of the molecule is COc1ccc(NCc2cc(OC)ccc2N)cc1. The van der Waals surface area contributed by atoms with Crippen LogP contribution >= 0.6 is 0 Å². The van der Waals surface area contributed by atoms with Crippen LogP contribution in [0.4, 0.5) is 11.4 Å². The minimum atomic E-state index is 0.648. The maximum atomic E-state index is 5.94. The highest BCUT2D eigenvalue weighted by Crippen LogP contribution is 2.21. The highest BCUT2D eigenvalue weighted by atomic mass is 16.5. The first-order chi connectivity index (χ1) is 9.22. The Morgan fingerprint density at radius 3 is 2.21 bits per heavy atom. The Morgan fingerprint density at radius 2 is 1.58 bits per heavy atom. The number of ether oxygens (including phenoxy) is 2. The lowest BCUT2D eigenvalue weighted by Crippen LogP contribution is -2.03. The van der Waals surface area contributed by atoms with Crippen molar-refractivity contribution in [3.63, 3.8) is 0 Å².